The molecule has 1 amide bonds. The molecule has 0 aliphatic carbocycles. The topological polar surface area (TPSA) is 79.5 Å². The number of carbonyl (C=O) groups is 2. The van der Waals surface area contributed by atoms with Gasteiger partial charge in [-0.3, -0.25) is 4.79 Å². The summed E-state index contributed by atoms with van der Waals surface area (Å²) in [5.74, 6) is -0.539. The predicted octanol–water partition coefficient (Wildman–Crippen LogP) is 3.29. The van der Waals surface area contributed by atoms with Gasteiger partial charge in [0.05, 0.1) is 6.54 Å². The molecule has 1 aromatic carbocycles. The van der Waals surface area contributed by atoms with E-state index in [-0.39, 0.29) is 18.0 Å². The quantitative estimate of drug-likeness (QED) is 0.885. The number of carbonyl (C=O) groups excluding carboxylic acids is 1. The lowest BCUT2D eigenvalue weighted by atomic mass is 10.1. The summed E-state index contributed by atoms with van der Waals surface area (Å²) in [6.45, 7) is 3.56. The van der Waals surface area contributed by atoms with E-state index in [0.29, 0.717) is 17.1 Å². The molecule has 6 heteroatoms. The van der Waals surface area contributed by atoms with Crippen LogP contribution in [0, 0.1) is 13.8 Å². The fourth-order valence-electron chi connectivity index (χ4n) is 1.99. The van der Waals surface area contributed by atoms with Crippen molar-refractivity contribution >= 4 is 27.8 Å². The van der Waals surface area contributed by atoms with Gasteiger partial charge in [-0.15, -0.1) is 0 Å². The number of carboxylic acids is 1. The number of aryl methyl sites for hydroxylation is 2. The first kappa shape index (κ1) is 15.3. The molecule has 0 radical (unpaired) electrons. The Balaban J connectivity index is 2.07. The number of nitrogens with one attached hydrogen (secondary N) is 1. The number of benzene rings is 1. The van der Waals surface area contributed by atoms with Crippen molar-refractivity contribution in [2.24, 2.45) is 0 Å². The molecule has 0 saturated heterocycles. The van der Waals surface area contributed by atoms with Crippen LogP contribution in [0.25, 0.3) is 0 Å². The number of halogens is 1. The Morgan fingerprint density at radius 1 is 1.24 bits per heavy atom. The molecular formula is C15H14BrNO4. The molecule has 110 valence electrons. The third-order valence-electron chi connectivity index (χ3n) is 3.06. The molecule has 0 unspecified atom stereocenters. The van der Waals surface area contributed by atoms with Gasteiger partial charge in [0.2, 0.25) is 0 Å². The Morgan fingerprint density at radius 2 is 1.95 bits per heavy atom. The van der Waals surface area contributed by atoms with E-state index in [2.05, 4.69) is 21.2 Å². The zero-order valence-corrected chi connectivity index (χ0v) is 13.2. The van der Waals surface area contributed by atoms with Gasteiger partial charge >= 0.3 is 5.97 Å². The second-order valence-corrected chi connectivity index (χ2v) is 5.55. The van der Waals surface area contributed by atoms with Crippen molar-refractivity contribution in [3.8, 4) is 0 Å². The van der Waals surface area contributed by atoms with Gasteiger partial charge in [0, 0.05) is 10.0 Å². The lowest BCUT2D eigenvalue weighted by molar-refractivity contribution is 0.0694. The van der Waals surface area contributed by atoms with Crippen LogP contribution in [0.3, 0.4) is 0 Å². The SMILES string of the molecule is Cc1cc(Br)ccc1C(=O)NCc1cc(C(=O)O)c(C)o1. The molecule has 1 heterocycles. The minimum Gasteiger partial charge on any atom is -0.478 e. The minimum atomic E-state index is -1.04. The highest BCUT2D eigenvalue weighted by atomic mass is 79.9. The first-order valence-corrected chi connectivity index (χ1v) is 7.04. The highest BCUT2D eigenvalue weighted by Crippen LogP contribution is 2.17. The molecule has 2 aromatic rings. The third kappa shape index (κ3) is 3.52. The number of hydrogen-bond donors (Lipinski definition) is 2. The Kier molecular flexibility index (Phi) is 4.47. The van der Waals surface area contributed by atoms with Crippen LogP contribution in [0.4, 0.5) is 0 Å². The molecule has 0 aliphatic heterocycles. The van der Waals surface area contributed by atoms with E-state index in [1.165, 1.54) is 6.07 Å². The third-order valence-corrected chi connectivity index (χ3v) is 3.55. The van der Waals surface area contributed by atoms with E-state index in [4.69, 9.17) is 9.52 Å². The van der Waals surface area contributed by atoms with Gasteiger partial charge in [-0.05, 0) is 43.7 Å². The highest BCUT2D eigenvalue weighted by Gasteiger charge is 2.15. The van der Waals surface area contributed by atoms with Crippen molar-refractivity contribution in [3.05, 3.63) is 56.9 Å². The summed E-state index contributed by atoms with van der Waals surface area (Å²) in [6, 6.07) is 6.80. The van der Waals surface area contributed by atoms with Crippen molar-refractivity contribution in [2.75, 3.05) is 0 Å². The lowest BCUT2D eigenvalue weighted by Gasteiger charge is -2.06. The number of amides is 1. The van der Waals surface area contributed by atoms with Crippen LogP contribution in [0.5, 0.6) is 0 Å². The van der Waals surface area contributed by atoms with Gasteiger partial charge < -0.3 is 14.8 Å². The summed E-state index contributed by atoms with van der Waals surface area (Å²) in [5, 5.41) is 11.7. The van der Waals surface area contributed by atoms with Crippen molar-refractivity contribution in [1.29, 1.82) is 0 Å². The molecule has 0 saturated carbocycles. The van der Waals surface area contributed by atoms with Gasteiger partial charge in [-0.2, -0.15) is 0 Å². The predicted molar refractivity (Wildman–Crippen MR) is 80.5 cm³/mol. The zero-order chi connectivity index (χ0) is 15.6. The molecule has 2 N–H and O–H groups in total. The summed E-state index contributed by atoms with van der Waals surface area (Å²) in [5.41, 5.74) is 1.53. The highest BCUT2D eigenvalue weighted by molar-refractivity contribution is 9.10. The van der Waals surface area contributed by atoms with Crippen LogP contribution in [-0.4, -0.2) is 17.0 Å². The van der Waals surface area contributed by atoms with Gasteiger partial charge in [0.25, 0.3) is 5.91 Å². The van der Waals surface area contributed by atoms with E-state index < -0.39 is 5.97 Å². The summed E-state index contributed by atoms with van der Waals surface area (Å²) in [7, 11) is 0. The monoisotopic (exact) mass is 351 g/mol. The normalized spacial score (nSPS) is 10.4. The molecule has 0 bridgehead atoms. The summed E-state index contributed by atoms with van der Waals surface area (Å²) < 4.78 is 6.22. The summed E-state index contributed by atoms with van der Waals surface area (Å²) >= 11 is 3.34. The summed E-state index contributed by atoms with van der Waals surface area (Å²) in [6.07, 6.45) is 0. The van der Waals surface area contributed by atoms with Crippen molar-refractivity contribution in [1.82, 2.24) is 5.32 Å². The first-order chi connectivity index (χ1) is 9.88. The summed E-state index contributed by atoms with van der Waals surface area (Å²) in [4.78, 5) is 23.0. The smallest absolute Gasteiger partial charge is 0.339 e. The number of furan rings is 1. The number of rotatable bonds is 4. The largest absolute Gasteiger partial charge is 0.478 e. The van der Waals surface area contributed by atoms with Crippen LogP contribution < -0.4 is 5.32 Å². The van der Waals surface area contributed by atoms with E-state index >= 15 is 0 Å². The van der Waals surface area contributed by atoms with E-state index in [1.807, 2.05) is 13.0 Å². The molecule has 2 rings (SSSR count). The average molecular weight is 352 g/mol. The second kappa shape index (κ2) is 6.13. The van der Waals surface area contributed by atoms with Crippen molar-refractivity contribution < 1.29 is 19.1 Å². The maximum absolute atomic E-state index is 12.1. The maximum Gasteiger partial charge on any atom is 0.339 e. The van der Waals surface area contributed by atoms with Crippen LogP contribution in [0.1, 0.15) is 37.8 Å². The average Bonchev–Trinajstić information content (AvgIpc) is 2.77. The molecule has 21 heavy (non-hydrogen) atoms. The lowest BCUT2D eigenvalue weighted by Crippen LogP contribution is -2.23. The Morgan fingerprint density at radius 3 is 2.52 bits per heavy atom. The van der Waals surface area contributed by atoms with E-state index in [1.54, 1.807) is 19.1 Å². The van der Waals surface area contributed by atoms with Gasteiger partial charge in [-0.1, -0.05) is 15.9 Å². The minimum absolute atomic E-state index is 0.110. The van der Waals surface area contributed by atoms with Gasteiger partial charge in [0.15, 0.2) is 0 Å². The van der Waals surface area contributed by atoms with Gasteiger partial charge in [0.1, 0.15) is 17.1 Å². The van der Waals surface area contributed by atoms with Crippen LogP contribution in [0.2, 0.25) is 0 Å². The first-order valence-electron chi connectivity index (χ1n) is 6.25. The van der Waals surface area contributed by atoms with Crippen LogP contribution in [0.15, 0.2) is 33.2 Å². The van der Waals surface area contributed by atoms with E-state index in [9.17, 15) is 9.59 Å². The Bertz CT molecular complexity index is 706. The van der Waals surface area contributed by atoms with Crippen molar-refractivity contribution in [3.63, 3.8) is 0 Å². The van der Waals surface area contributed by atoms with E-state index in [0.717, 1.165) is 10.0 Å². The standard InChI is InChI=1S/C15H14BrNO4/c1-8-5-10(16)3-4-12(8)14(18)17-7-11-6-13(15(19)20)9(2)21-11/h3-6H,7H2,1-2H3,(H,17,18)(H,19,20). The second-order valence-electron chi connectivity index (χ2n) is 4.63. The fraction of sp³-hybridized carbons (Fsp3) is 0.200. The molecule has 0 atom stereocenters. The number of aromatic carboxylic acids is 1. The Hall–Kier alpha value is -2.08. The number of carboxylic acid groups (broad SMARTS) is 1. The maximum atomic E-state index is 12.1. The molecule has 1 aromatic heterocycles. The molecule has 5 nitrogen and oxygen atoms in total. The molecule has 0 aliphatic rings. The fourth-order valence-corrected chi connectivity index (χ4v) is 2.46. The zero-order valence-electron chi connectivity index (χ0n) is 11.6. The Labute approximate surface area is 130 Å². The number of hydrogen-bond acceptors (Lipinski definition) is 3. The van der Waals surface area contributed by atoms with Gasteiger partial charge in [-0.25, -0.2) is 4.79 Å². The van der Waals surface area contributed by atoms with Crippen LogP contribution in [-0.2, 0) is 6.54 Å². The molecule has 0 fully saturated rings. The molecule has 0 spiro atoms. The molecular weight excluding hydrogens is 338 g/mol. The van der Waals surface area contributed by atoms with Crippen LogP contribution >= 0.6 is 15.9 Å². The van der Waals surface area contributed by atoms with Crippen molar-refractivity contribution in [2.45, 2.75) is 20.4 Å².